The number of carbonyl (C=O) groups is 4. The molecule has 5 aromatic rings. The average Bonchev–Trinajstić information content (AvgIpc) is 3.71. The first kappa shape index (κ1) is 40.5. The van der Waals surface area contributed by atoms with Crippen LogP contribution in [0.2, 0.25) is 0 Å². The van der Waals surface area contributed by atoms with E-state index in [9.17, 15) is 42.3 Å². The zero-order valence-corrected chi connectivity index (χ0v) is 34.0. The minimum absolute atomic E-state index is 0.0298. The molecule has 3 aromatic heterocycles. The predicted octanol–water partition coefficient (Wildman–Crippen LogP) is 4.64. The Labute approximate surface area is 347 Å². The number of amides is 4. The Morgan fingerprint density at radius 1 is 0.967 bits per heavy atom. The summed E-state index contributed by atoms with van der Waals surface area (Å²) >= 11 is 0. The fourth-order valence-corrected chi connectivity index (χ4v) is 9.89. The predicted molar refractivity (Wildman–Crippen MR) is 216 cm³/mol. The van der Waals surface area contributed by atoms with Crippen molar-refractivity contribution in [3.63, 3.8) is 0 Å². The summed E-state index contributed by atoms with van der Waals surface area (Å²) in [5.74, 6) is -1.56. The summed E-state index contributed by atoms with van der Waals surface area (Å²) in [7, 11) is 1.71. The molecule has 4 amide bonds. The molecule has 4 aliphatic rings. The van der Waals surface area contributed by atoms with E-state index >= 15 is 0 Å². The molecule has 18 heteroatoms. The SMILES string of the molecule is Cn1c(=O)n(C2CCC(=O)NC2=O)c2cccc(CN3CC4(C3)CN(C(=O)[C@H]3CC[C@H](n5cc6cc(NC(=O)c7cccc(C(F)(F)F)n7)c(C(C)(C)O)cc6n5)CC3)C4)c21. The van der Waals surface area contributed by atoms with E-state index in [0.717, 1.165) is 49.1 Å². The number of para-hydroxylation sites is 1. The molecule has 3 saturated heterocycles. The molecule has 6 heterocycles. The average molecular weight is 842 g/mol. The highest BCUT2D eigenvalue weighted by Gasteiger charge is 2.53. The molecule has 2 aromatic carbocycles. The van der Waals surface area contributed by atoms with Gasteiger partial charge >= 0.3 is 11.9 Å². The van der Waals surface area contributed by atoms with Gasteiger partial charge in [-0.1, -0.05) is 18.2 Å². The van der Waals surface area contributed by atoms with Gasteiger partial charge in [0, 0.05) is 80.4 Å². The number of pyridine rings is 1. The first-order valence-corrected chi connectivity index (χ1v) is 20.5. The molecule has 61 heavy (non-hydrogen) atoms. The van der Waals surface area contributed by atoms with Gasteiger partial charge in [-0.3, -0.25) is 43.2 Å². The molecule has 4 fully saturated rings. The molecule has 3 aliphatic heterocycles. The molecular weight excluding hydrogens is 796 g/mol. The van der Waals surface area contributed by atoms with E-state index < -0.39 is 41.0 Å². The van der Waals surface area contributed by atoms with E-state index in [1.54, 1.807) is 37.6 Å². The highest BCUT2D eigenvalue weighted by molar-refractivity contribution is 6.04. The van der Waals surface area contributed by atoms with Crippen LogP contribution in [0.1, 0.15) is 91.8 Å². The van der Waals surface area contributed by atoms with Gasteiger partial charge in [-0.2, -0.15) is 18.3 Å². The molecule has 1 unspecified atom stereocenters. The van der Waals surface area contributed by atoms with Crippen molar-refractivity contribution in [2.24, 2.45) is 18.4 Å². The Balaban J connectivity index is 0.802. The van der Waals surface area contributed by atoms with Crippen LogP contribution in [0.25, 0.3) is 21.9 Å². The topological polar surface area (TPSA) is 177 Å². The number of anilines is 1. The number of aromatic nitrogens is 5. The van der Waals surface area contributed by atoms with E-state index in [4.69, 9.17) is 5.10 Å². The minimum Gasteiger partial charge on any atom is -0.386 e. The quantitative estimate of drug-likeness (QED) is 0.188. The van der Waals surface area contributed by atoms with Gasteiger partial charge in [-0.25, -0.2) is 9.78 Å². The second-order valence-electron chi connectivity index (χ2n) is 17.8. The van der Waals surface area contributed by atoms with Gasteiger partial charge in [0.2, 0.25) is 17.7 Å². The number of imide groups is 1. The van der Waals surface area contributed by atoms with Crippen molar-refractivity contribution < 1.29 is 37.5 Å². The summed E-state index contributed by atoms with van der Waals surface area (Å²) in [4.78, 5) is 72.3. The second-order valence-corrected chi connectivity index (χ2v) is 17.8. The summed E-state index contributed by atoms with van der Waals surface area (Å²) in [5, 5.41) is 21.4. The lowest BCUT2D eigenvalue weighted by Gasteiger charge is -2.61. The lowest BCUT2D eigenvalue weighted by molar-refractivity contribution is -0.165. The molecule has 0 radical (unpaired) electrons. The summed E-state index contributed by atoms with van der Waals surface area (Å²) in [6.07, 6.45) is 0.471. The number of nitrogens with one attached hydrogen (secondary N) is 2. The number of likely N-dealkylation sites (tertiary alicyclic amines) is 2. The molecule has 1 spiro atoms. The third kappa shape index (κ3) is 7.38. The minimum atomic E-state index is -4.71. The number of fused-ring (bicyclic) bond motifs is 2. The number of imidazole rings is 1. The number of aryl methyl sites for hydroxylation is 1. The van der Waals surface area contributed by atoms with Crippen LogP contribution >= 0.6 is 0 Å². The standard InChI is InChI=1S/C43H46F3N9O6/c1-41(2,61)28-17-30-26(16-31(28)48-37(57)29-7-5-9-34(47-29)43(44,45)46)19-54(50-30)27-12-10-24(11-13-27)39(59)53-22-42(23-53)20-52(21-42)18-25-6-4-8-32-36(25)51(3)40(60)55(32)33-14-15-35(56)49-38(33)58/h4-9,16-17,19,24,27,33,61H,10-15,18,20-23H2,1-3H3,(H,48,57)(H,49,56,58)/t24-,27-,33?. The summed E-state index contributed by atoms with van der Waals surface area (Å²) in [6.45, 7) is 6.78. The number of carbonyl (C=O) groups excluding carboxylic acids is 4. The number of rotatable bonds is 8. The zero-order valence-electron chi connectivity index (χ0n) is 34.0. The molecule has 0 bridgehead atoms. The molecule has 1 aliphatic carbocycles. The van der Waals surface area contributed by atoms with Crippen molar-refractivity contribution in [3.8, 4) is 0 Å². The van der Waals surface area contributed by atoms with E-state index in [1.807, 2.05) is 34.0 Å². The number of hydrogen-bond acceptors (Lipinski definition) is 9. The van der Waals surface area contributed by atoms with Crippen LogP contribution in [-0.4, -0.2) is 88.6 Å². The van der Waals surface area contributed by atoms with Crippen molar-refractivity contribution in [1.29, 1.82) is 0 Å². The molecule has 1 saturated carbocycles. The van der Waals surface area contributed by atoms with Crippen LogP contribution in [0, 0.1) is 11.3 Å². The third-order valence-electron chi connectivity index (χ3n) is 12.8. The van der Waals surface area contributed by atoms with Gasteiger partial charge in [-0.15, -0.1) is 0 Å². The van der Waals surface area contributed by atoms with Crippen LogP contribution in [0.5, 0.6) is 0 Å². The van der Waals surface area contributed by atoms with Crippen molar-refractivity contribution in [3.05, 3.63) is 87.7 Å². The largest absolute Gasteiger partial charge is 0.433 e. The normalized spacial score (nSPS) is 22.0. The first-order valence-electron chi connectivity index (χ1n) is 20.5. The monoisotopic (exact) mass is 841 g/mol. The number of alkyl halides is 3. The summed E-state index contributed by atoms with van der Waals surface area (Å²) in [5.41, 5.74) is 0.290. The number of piperidine rings is 1. The highest BCUT2D eigenvalue weighted by Crippen LogP contribution is 2.43. The number of benzene rings is 2. The maximum Gasteiger partial charge on any atom is 0.433 e. The van der Waals surface area contributed by atoms with Crippen LogP contribution < -0.4 is 16.3 Å². The lowest BCUT2D eigenvalue weighted by atomic mass is 9.71. The van der Waals surface area contributed by atoms with Gasteiger partial charge in [0.25, 0.3) is 5.91 Å². The molecule has 9 rings (SSSR count). The van der Waals surface area contributed by atoms with Crippen LogP contribution in [0.3, 0.4) is 0 Å². The van der Waals surface area contributed by atoms with Gasteiger partial charge in [-0.05, 0) is 81.8 Å². The Kier molecular flexibility index (Phi) is 9.73. The summed E-state index contributed by atoms with van der Waals surface area (Å²) in [6, 6.07) is 11.4. The van der Waals surface area contributed by atoms with Crippen molar-refractivity contribution >= 4 is 51.3 Å². The highest BCUT2D eigenvalue weighted by atomic mass is 19.4. The fraction of sp³-hybridized carbons (Fsp3) is 0.465. The Hall–Kier alpha value is -5.88. The van der Waals surface area contributed by atoms with Crippen molar-refractivity contribution in [2.75, 3.05) is 31.5 Å². The Morgan fingerprint density at radius 2 is 1.69 bits per heavy atom. The van der Waals surface area contributed by atoms with E-state index in [1.165, 1.54) is 10.6 Å². The van der Waals surface area contributed by atoms with Crippen LogP contribution in [-0.2, 0) is 39.8 Å². The van der Waals surface area contributed by atoms with E-state index in [-0.39, 0.29) is 53.4 Å². The summed E-state index contributed by atoms with van der Waals surface area (Å²) < 4.78 is 44.7. The molecule has 320 valence electrons. The first-order chi connectivity index (χ1) is 28.9. The molecule has 15 nitrogen and oxygen atoms in total. The fourth-order valence-electron chi connectivity index (χ4n) is 9.89. The molecule has 3 N–H and O–H groups in total. The van der Waals surface area contributed by atoms with Gasteiger partial charge in [0.15, 0.2) is 0 Å². The maximum absolute atomic E-state index is 13.7. The van der Waals surface area contributed by atoms with E-state index in [2.05, 4.69) is 20.5 Å². The number of hydrogen-bond donors (Lipinski definition) is 3. The van der Waals surface area contributed by atoms with Gasteiger partial charge in [0.05, 0.1) is 28.2 Å². The lowest BCUT2D eigenvalue weighted by Crippen LogP contribution is -2.73. The number of halogens is 3. The van der Waals surface area contributed by atoms with Gasteiger partial charge < -0.3 is 15.3 Å². The maximum atomic E-state index is 13.7. The number of nitrogens with zero attached hydrogens (tertiary/aromatic N) is 7. The van der Waals surface area contributed by atoms with Crippen molar-refractivity contribution in [2.45, 2.75) is 82.8 Å². The van der Waals surface area contributed by atoms with E-state index in [0.29, 0.717) is 54.5 Å². The third-order valence-corrected chi connectivity index (χ3v) is 12.8. The smallest absolute Gasteiger partial charge is 0.386 e. The molecular formula is C43H46F3N9O6. The Bertz CT molecular complexity index is 2670. The van der Waals surface area contributed by atoms with Crippen LogP contribution in [0.15, 0.2) is 59.5 Å². The van der Waals surface area contributed by atoms with Crippen molar-refractivity contribution in [1.82, 2.24) is 39.0 Å². The van der Waals surface area contributed by atoms with Crippen LogP contribution in [0.4, 0.5) is 18.9 Å². The second kappa shape index (κ2) is 14.6. The van der Waals surface area contributed by atoms with Gasteiger partial charge in [0.1, 0.15) is 17.4 Å². The Morgan fingerprint density at radius 3 is 2.38 bits per heavy atom. The molecule has 1 atom stereocenters. The zero-order chi connectivity index (χ0) is 43.2. The number of aliphatic hydroxyl groups is 1.